The van der Waals surface area contributed by atoms with E-state index in [9.17, 15) is 18.3 Å². The van der Waals surface area contributed by atoms with E-state index in [2.05, 4.69) is 23.1 Å². The fourth-order valence-corrected chi connectivity index (χ4v) is 2.90. The number of para-hydroxylation sites is 1. The van der Waals surface area contributed by atoms with Gasteiger partial charge in [-0.1, -0.05) is 30.4 Å². The second-order valence-corrected chi connectivity index (χ2v) is 7.49. The van der Waals surface area contributed by atoms with Gasteiger partial charge in [0.05, 0.1) is 17.3 Å². The van der Waals surface area contributed by atoms with Crippen LogP contribution in [-0.4, -0.2) is 46.3 Å². The van der Waals surface area contributed by atoms with Gasteiger partial charge in [-0.15, -0.1) is 0 Å². The molecule has 2 aliphatic heterocycles. The Kier molecular flexibility index (Phi) is 5.02. The van der Waals surface area contributed by atoms with Gasteiger partial charge >= 0.3 is 5.97 Å². The quantitative estimate of drug-likeness (QED) is 0.770. The highest BCUT2D eigenvalue weighted by Gasteiger charge is 2.17. The van der Waals surface area contributed by atoms with Gasteiger partial charge in [0.1, 0.15) is 0 Å². The summed E-state index contributed by atoms with van der Waals surface area (Å²) in [5, 5.41) is 10.2. The van der Waals surface area contributed by atoms with Crippen LogP contribution in [-0.2, 0) is 10.1 Å². The maximum atomic E-state index is 11.5. The summed E-state index contributed by atoms with van der Waals surface area (Å²) in [5.41, 5.74) is 3.29. The molecule has 3 heterocycles. The van der Waals surface area contributed by atoms with E-state index in [1.54, 1.807) is 6.20 Å². The zero-order chi connectivity index (χ0) is 19.6. The van der Waals surface area contributed by atoms with E-state index in [4.69, 9.17) is 4.55 Å². The average Bonchev–Trinajstić information content (AvgIpc) is 3.00. The van der Waals surface area contributed by atoms with Gasteiger partial charge in [0.2, 0.25) is 0 Å². The Hall–Kier alpha value is -3.10. The molecule has 0 unspecified atom stereocenters. The number of benzene rings is 1. The lowest BCUT2D eigenvalue weighted by Crippen LogP contribution is -2.20. The van der Waals surface area contributed by atoms with E-state index >= 15 is 0 Å². The Morgan fingerprint density at radius 2 is 1.89 bits per heavy atom. The summed E-state index contributed by atoms with van der Waals surface area (Å²) in [4.78, 5) is 13.6. The second-order valence-electron chi connectivity index (χ2n) is 6.03. The average molecular weight is 386 g/mol. The number of allylic oxidation sites excluding steroid dienone is 5. The molecule has 0 saturated heterocycles. The molecule has 8 heteroatoms. The molecule has 2 N–H and O–H groups in total. The molecule has 0 bridgehead atoms. The summed E-state index contributed by atoms with van der Waals surface area (Å²) < 4.78 is 27.8. The number of hydrogen-bond acceptors (Lipinski definition) is 4. The van der Waals surface area contributed by atoms with Crippen molar-refractivity contribution in [1.29, 1.82) is 0 Å². The molecule has 27 heavy (non-hydrogen) atoms. The number of nitrogens with zero attached hydrogens (tertiary/aromatic N) is 2. The Balaban J connectivity index is 0.000000376. The lowest BCUT2D eigenvalue weighted by atomic mass is 10.1. The number of carbonyl (C=O) groups is 1. The molecule has 2 aliphatic rings. The summed E-state index contributed by atoms with van der Waals surface area (Å²) in [5.74, 6) is -0.906. The van der Waals surface area contributed by atoms with Crippen LogP contribution in [0.3, 0.4) is 0 Å². The third-order valence-corrected chi connectivity index (χ3v) is 3.98. The van der Waals surface area contributed by atoms with E-state index in [0.717, 1.165) is 28.8 Å². The normalized spacial score (nSPS) is 15.6. The molecule has 0 saturated carbocycles. The Labute approximate surface area is 156 Å². The van der Waals surface area contributed by atoms with Crippen LogP contribution in [0.2, 0.25) is 0 Å². The minimum atomic E-state index is -3.67. The molecule has 0 spiro atoms. The molecule has 140 valence electrons. The highest BCUT2D eigenvalue weighted by atomic mass is 32.2. The summed E-state index contributed by atoms with van der Waals surface area (Å²) >= 11 is 0. The van der Waals surface area contributed by atoms with Crippen molar-refractivity contribution in [1.82, 2.24) is 9.47 Å². The first-order chi connectivity index (χ1) is 12.7. The molecule has 7 nitrogen and oxygen atoms in total. The first-order valence-electron chi connectivity index (χ1n) is 8.03. The van der Waals surface area contributed by atoms with Gasteiger partial charge in [-0.05, 0) is 24.3 Å². The minimum absolute atomic E-state index is 0.324. The predicted octanol–water partition coefficient (Wildman–Crippen LogP) is 2.97. The van der Waals surface area contributed by atoms with Crippen LogP contribution in [0.5, 0.6) is 0 Å². The van der Waals surface area contributed by atoms with E-state index in [1.165, 1.54) is 0 Å². The summed E-state index contributed by atoms with van der Waals surface area (Å²) in [6, 6.07) is 7.57. The van der Waals surface area contributed by atoms with Gasteiger partial charge in [0.15, 0.2) is 0 Å². The number of carboxylic acid groups (broad SMARTS) is 1. The molecular weight excluding hydrogens is 368 g/mol. The molecule has 0 amide bonds. The molecule has 4 rings (SSSR count). The summed E-state index contributed by atoms with van der Waals surface area (Å²) in [6.45, 7) is 0.860. The van der Waals surface area contributed by atoms with Gasteiger partial charge in [-0.2, -0.15) is 8.42 Å². The lowest BCUT2D eigenvalue weighted by Gasteiger charge is -2.26. The Morgan fingerprint density at radius 3 is 2.59 bits per heavy atom. The SMILES string of the molecule is CS(=O)(=O)O.O=C(O)c1cn(C2=CC3=CC=CCN3C=C2)c2ccccc12. The minimum Gasteiger partial charge on any atom is -0.478 e. The van der Waals surface area contributed by atoms with Gasteiger partial charge in [-0.25, -0.2) is 4.79 Å². The van der Waals surface area contributed by atoms with Crippen LogP contribution in [0.25, 0.3) is 16.6 Å². The van der Waals surface area contributed by atoms with Gasteiger partial charge in [0.25, 0.3) is 10.1 Å². The number of rotatable bonds is 2. The van der Waals surface area contributed by atoms with Crippen LogP contribution < -0.4 is 0 Å². The highest BCUT2D eigenvalue weighted by Crippen LogP contribution is 2.28. The zero-order valence-electron chi connectivity index (χ0n) is 14.5. The van der Waals surface area contributed by atoms with E-state index < -0.39 is 16.1 Å². The topological polar surface area (TPSA) is 99.8 Å². The van der Waals surface area contributed by atoms with Crippen LogP contribution in [0.4, 0.5) is 0 Å². The van der Waals surface area contributed by atoms with E-state index in [1.807, 2.05) is 47.2 Å². The monoisotopic (exact) mass is 386 g/mol. The first-order valence-corrected chi connectivity index (χ1v) is 9.88. The van der Waals surface area contributed by atoms with Crippen molar-refractivity contribution in [3.8, 4) is 0 Å². The van der Waals surface area contributed by atoms with E-state index in [0.29, 0.717) is 11.8 Å². The van der Waals surface area contributed by atoms with Crippen molar-refractivity contribution in [3.63, 3.8) is 0 Å². The van der Waals surface area contributed by atoms with Crippen molar-refractivity contribution >= 4 is 32.7 Å². The summed E-state index contributed by atoms with van der Waals surface area (Å²) in [7, 11) is -3.67. The molecule has 1 aromatic heterocycles. The molecule has 0 radical (unpaired) electrons. The van der Waals surface area contributed by atoms with Crippen LogP contribution >= 0.6 is 0 Å². The zero-order valence-corrected chi connectivity index (χ0v) is 15.3. The third-order valence-electron chi connectivity index (χ3n) is 3.98. The fraction of sp³-hybridized carbons (Fsp3) is 0.105. The van der Waals surface area contributed by atoms with Gasteiger partial charge < -0.3 is 14.6 Å². The van der Waals surface area contributed by atoms with Crippen molar-refractivity contribution in [3.05, 3.63) is 78.3 Å². The van der Waals surface area contributed by atoms with E-state index in [-0.39, 0.29) is 0 Å². The van der Waals surface area contributed by atoms with Crippen molar-refractivity contribution in [2.45, 2.75) is 0 Å². The van der Waals surface area contributed by atoms with Crippen LogP contribution in [0.15, 0.2) is 72.7 Å². The maximum Gasteiger partial charge on any atom is 0.337 e. The predicted molar refractivity (Wildman–Crippen MR) is 104 cm³/mol. The van der Waals surface area contributed by atoms with Crippen LogP contribution in [0, 0.1) is 0 Å². The molecule has 0 aliphatic carbocycles. The molecular formula is C19H18N2O5S. The largest absolute Gasteiger partial charge is 0.478 e. The van der Waals surface area contributed by atoms with Crippen molar-refractivity contribution in [2.75, 3.05) is 12.8 Å². The lowest BCUT2D eigenvalue weighted by molar-refractivity contribution is 0.0699. The molecule has 0 atom stereocenters. The number of aromatic nitrogens is 1. The Bertz CT molecular complexity index is 1110. The van der Waals surface area contributed by atoms with Crippen molar-refractivity contribution < 1.29 is 22.9 Å². The molecule has 1 aromatic carbocycles. The summed E-state index contributed by atoms with van der Waals surface area (Å²) in [6.07, 6.45) is 14.7. The standard InChI is InChI=1S/C18H14N2O2.CH4O3S/c21-18(22)16-12-20(17-7-2-1-6-15(16)17)14-8-10-19-9-4-3-5-13(19)11-14;1-5(2,3)4/h1-8,10-12H,9H2,(H,21,22);1H3,(H,2,3,4). The molecule has 0 fully saturated rings. The Morgan fingerprint density at radius 1 is 1.19 bits per heavy atom. The maximum absolute atomic E-state index is 11.5. The van der Waals surface area contributed by atoms with Gasteiger partial charge in [0, 0.05) is 35.7 Å². The van der Waals surface area contributed by atoms with Gasteiger partial charge in [-0.3, -0.25) is 4.55 Å². The number of aromatic carboxylic acids is 1. The highest BCUT2D eigenvalue weighted by molar-refractivity contribution is 7.85. The number of carboxylic acids is 1. The second kappa shape index (κ2) is 7.26. The fourth-order valence-electron chi connectivity index (χ4n) is 2.90. The number of fused-ring (bicyclic) bond motifs is 2. The molecule has 2 aromatic rings. The van der Waals surface area contributed by atoms with Crippen molar-refractivity contribution in [2.24, 2.45) is 0 Å². The smallest absolute Gasteiger partial charge is 0.337 e. The first kappa shape index (κ1) is 18.7. The third kappa shape index (κ3) is 4.36. The van der Waals surface area contributed by atoms with Crippen LogP contribution in [0.1, 0.15) is 10.4 Å². The number of hydrogen-bond donors (Lipinski definition) is 2.